The van der Waals surface area contributed by atoms with Crippen molar-refractivity contribution in [1.29, 1.82) is 0 Å². The Bertz CT molecular complexity index is 1330. The van der Waals surface area contributed by atoms with Gasteiger partial charge in [0.15, 0.2) is 0 Å². The van der Waals surface area contributed by atoms with E-state index >= 15 is 0 Å². The SMILES string of the molecule is [Ir].[c-]1ccccc1-c1ccccn1.c1ccc(-c2nc3cc4ccccc4cc3[n-]2)nc1. The second-order valence-corrected chi connectivity index (χ2v) is 6.94. The quantitative estimate of drug-likeness (QED) is 0.234. The third-order valence-electron chi connectivity index (χ3n) is 4.84. The van der Waals surface area contributed by atoms with E-state index in [1.54, 1.807) is 12.4 Å². The van der Waals surface area contributed by atoms with E-state index in [0.717, 1.165) is 28.0 Å². The summed E-state index contributed by atoms with van der Waals surface area (Å²) in [5.41, 5.74) is 4.65. The van der Waals surface area contributed by atoms with Gasteiger partial charge in [-0.2, -0.15) is 0 Å². The van der Waals surface area contributed by atoms with Crippen LogP contribution in [-0.4, -0.2) is 15.0 Å². The molecule has 0 spiro atoms. The second kappa shape index (κ2) is 10.1. The predicted octanol–water partition coefficient (Wildman–Crippen LogP) is 5.95. The van der Waals surface area contributed by atoms with Gasteiger partial charge < -0.3 is 15.0 Å². The Hall–Kier alpha value is -3.66. The van der Waals surface area contributed by atoms with E-state index in [2.05, 4.69) is 50.3 Å². The fourth-order valence-corrected chi connectivity index (χ4v) is 3.33. The van der Waals surface area contributed by atoms with Crippen LogP contribution in [0.5, 0.6) is 0 Å². The van der Waals surface area contributed by atoms with Gasteiger partial charge in [0, 0.05) is 32.5 Å². The van der Waals surface area contributed by atoms with Crippen LogP contribution in [0.3, 0.4) is 0 Å². The van der Waals surface area contributed by atoms with Gasteiger partial charge in [0.1, 0.15) is 0 Å². The molecule has 3 aromatic heterocycles. The summed E-state index contributed by atoms with van der Waals surface area (Å²) >= 11 is 0. The summed E-state index contributed by atoms with van der Waals surface area (Å²) in [6, 6.07) is 35.0. The van der Waals surface area contributed by atoms with Crippen LogP contribution in [0.2, 0.25) is 0 Å². The molecule has 0 atom stereocenters. The van der Waals surface area contributed by atoms with Gasteiger partial charge in [-0.15, -0.1) is 35.9 Å². The number of imidazole rings is 1. The molecule has 5 heteroatoms. The number of hydrogen-bond donors (Lipinski definition) is 0. The molecule has 1 radical (unpaired) electrons. The van der Waals surface area contributed by atoms with E-state index < -0.39 is 0 Å². The van der Waals surface area contributed by atoms with Crippen molar-refractivity contribution in [3.63, 3.8) is 0 Å². The first-order valence-electron chi connectivity index (χ1n) is 9.99. The molecule has 0 amide bonds. The Kier molecular flexibility index (Phi) is 6.81. The molecule has 0 aliphatic heterocycles. The number of rotatable bonds is 2. The van der Waals surface area contributed by atoms with Crippen molar-refractivity contribution in [1.82, 2.24) is 19.9 Å². The van der Waals surface area contributed by atoms with Crippen LogP contribution in [0.15, 0.2) is 109 Å². The van der Waals surface area contributed by atoms with Gasteiger partial charge in [-0.25, -0.2) is 0 Å². The Morgan fingerprint density at radius 1 is 0.656 bits per heavy atom. The molecule has 0 unspecified atom stereocenters. The molecule has 157 valence electrons. The minimum absolute atomic E-state index is 0. The molecule has 3 aromatic carbocycles. The smallest absolute Gasteiger partial charge is 0.0620 e. The van der Waals surface area contributed by atoms with E-state index in [1.165, 1.54) is 10.8 Å². The molecule has 0 aliphatic carbocycles. The summed E-state index contributed by atoms with van der Waals surface area (Å²) in [6.45, 7) is 0. The predicted molar refractivity (Wildman–Crippen MR) is 124 cm³/mol. The van der Waals surface area contributed by atoms with Crippen LogP contribution in [0.25, 0.3) is 44.6 Å². The van der Waals surface area contributed by atoms with Crippen molar-refractivity contribution < 1.29 is 20.1 Å². The van der Waals surface area contributed by atoms with Gasteiger partial charge in [-0.1, -0.05) is 54.6 Å². The van der Waals surface area contributed by atoms with Crippen LogP contribution in [0.4, 0.5) is 0 Å². The summed E-state index contributed by atoms with van der Waals surface area (Å²) in [5, 5.41) is 2.37. The molecule has 6 aromatic rings. The van der Waals surface area contributed by atoms with Crippen molar-refractivity contribution in [2.75, 3.05) is 0 Å². The fraction of sp³-hybridized carbons (Fsp3) is 0. The maximum Gasteiger partial charge on any atom is 0.0620 e. The van der Waals surface area contributed by atoms with Gasteiger partial charge in [-0.05, 0) is 51.5 Å². The normalized spacial score (nSPS) is 10.2. The fourth-order valence-electron chi connectivity index (χ4n) is 3.33. The largest absolute Gasteiger partial charge is 0.434 e. The van der Waals surface area contributed by atoms with Gasteiger partial charge in [-0.3, -0.25) is 4.98 Å². The number of fused-ring (bicyclic) bond motifs is 2. The minimum Gasteiger partial charge on any atom is -0.434 e. The van der Waals surface area contributed by atoms with Gasteiger partial charge >= 0.3 is 0 Å². The van der Waals surface area contributed by atoms with Crippen molar-refractivity contribution in [3.05, 3.63) is 116 Å². The van der Waals surface area contributed by atoms with E-state index in [9.17, 15) is 0 Å². The van der Waals surface area contributed by atoms with Crippen LogP contribution in [0, 0.1) is 6.07 Å². The Morgan fingerprint density at radius 2 is 1.31 bits per heavy atom. The molecule has 0 saturated carbocycles. The van der Waals surface area contributed by atoms with Crippen molar-refractivity contribution >= 4 is 21.8 Å². The van der Waals surface area contributed by atoms with E-state index in [4.69, 9.17) is 0 Å². The molecule has 3 heterocycles. The molecule has 0 fully saturated rings. The molecule has 6 rings (SSSR count). The van der Waals surface area contributed by atoms with Crippen LogP contribution < -0.4 is 4.98 Å². The summed E-state index contributed by atoms with van der Waals surface area (Å²) in [7, 11) is 0. The monoisotopic (exact) mass is 591 g/mol. The zero-order valence-electron chi connectivity index (χ0n) is 17.0. The van der Waals surface area contributed by atoms with Crippen LogP contribution >= 0.6 is 0 Å². The van der Waals surface area contributed by atoms with Crippen molar-refractivity contribution in [2.24, 2.45) is 0 Å². The van der Waals surface area contributed by atoms with Crippen LogP contribution in [0.1, 0.15) is 0 Å². The molecular weight excluding hydrogens is 573 g/mol. The summed E-state index contributed by atoms with van der Waals surface area (Å²) in [6.07, 6.45) is 3.54. The van der Waals surface area contributed by atoms with E-state index in [-0.39, 0.29) is 20.1 Å². The van der Waals surface area contributed by atoms with Crippen molar-refractivity contribution in [3.8, 4) is 22.8 Å². The molecule has 4 nitrogen and oxygen atoms in total. The molecular formula is C27H18IrN4-2. The Labute approximate surface area is 199 Å². The van der Waals surface area contributed by atoms with E-state index in [1.807, 2.05) is 72.8 Å². The summed E-state index contributed by atoms with van der Waals surface area (Å²) in [4.78, 5) is 17.6. The summed E-state index contributed by atoms with van der Waals surface area (Å²) in [5.74, 6) is 0.686. The zero-order chi connectivity index (χ0) is 20.9. The topological polar surface area (TPSA) is 52.8 Å². The van der Waals surface area contributed by atoms with Crippen LogP contribution in [-0.2, 0) is 20.1 Å². The third-order valence-corrected chi connectivity index (χ3v) is 4.84. The second-order valence-electron chi connectivity index (χ2n) is 6.94. The maximum absolute atomic E-state index is 4.56. The first-order valence-corrected chi connectivity index (χ1v) is 9.99. The van der Waals surface area contributed by atoms with Gasteiger partial charge in [0.2, 0.25) is 0 Å². The van der Waals surface area contributed by atoms with Crippen molar-refractivity contribution in [2.45, 2.75) is 0 Å². The number of pyridine rings is 2. The third kappa shape index (κ3) is 4.80. The first-order chi connectivity index (χ1) is 15.4. The summed E-state index contributed by atoms with van der Waals surface area (Å²) < 4.78 is 0. The number of benzene rings is 3. The first kappa shape index (κ1) is 21.6. The number of nitrogens with zero attached hydrogens (tertiary/aromatic N) is 4. The molecule has 0 N–H and O–H groups in total. The molecule has 0 saturated heterocycles. The zero-order valence-corrected chi connectivity index (χ0v) is 19.4. The van der Waals surface area contributed by atoms with E-state index in [0.29, 0.717) is 5.82 Å². The molecule has 32 heavy (non-hydrogen) atoms. The maximum atomic E-state index is 4.56. The molecule has 0 bridgehead atoms. The number of hydrogen-bond acceptors (Lipinski definition) is 3. The minimum atomic E-state index is 0. The average molecular weight is 591 g/mol. The standard InChI is InChI=1S/C16H10N3.C11H8N.Ir/c1-2-6-12-10-15-14(9-11(12)5-1)18-16(19-15)13-7-3-4-8-17-13;1-2-6-10(7-3-1)11-8-4-5-9-12-11;/h1-10H;1-6,8-9H;/q2*-1;. The Balaban J connectivity index is 0.000000164. The number of aromatic nitrogens is 4. The Morgan fingerprint density at radius 3 is 1.97 bits per heavy atom. The average Bonchev–Trinajstić information content (AvgIpc) is 3.27. The van der Waals surface area contributed by atoms with Gasteiger partial charge in [0.25, 0.3) is 0 Å². The molecule has 0 aliphatic rings. The van der Waals surface area contributed by atoms with Gasteiger partial charge in [0.05, 0.1) is 5.69 Å².